The lowest BCUT2D eigenvalue weighted by atomic mass is 10.1. The van der Waals surface area contributed by atoms with E-state index < -0.39 is 8.32 Å². The molecular weight excluding hydrogens is 821 g/mol. The van der Waals surface area contributed by atoms with Crippen molar-refractivity contribution in [3.8, 4) is 0 Å². The molecule has 0 saturated carbocycles. The highest BCUT2D eigenvalue weighted by atomic mass is 28.4. The van der Waals surface area contributed by atoms with Crippen molar-refractivity contribution in [2.24, 2.45) is 0 Å². The van der Waals surface area contributed by atoms with Gasteiger partial charge < -0.3 is 56.5 Å². The van der Waals surface area contributed by atoms with Crippen molar-refractivity contribution in [3.63, 3.8) is 0 Å². The summed E-state index contributed by atoms with van der Waals surface area (Å²) in [5.74, 6) is 0. The van der Waals surface area contributed by atoms with Gasteiger partial charge in [-0.2, -0.15) is 0 Å². The van der Waals surface area contributed by atoms with E-state index >= 15 is 0 Å². The van der Waals surface area contributed by atoms with Gasteiger partial charge in [0.2, 0.25) is 0 Å². The number of hydrogen-bond acceptors (Lipinski definition) is 12. The van der Waals surface area contributed by atoms with Crippen LogP contribution in [-0.2, 0) is 56.5 Å². The molecule has 0 aromatic heterocycles. The lowest BCUT2D eigenvalue weighted by Crippen LogP contribution is -2.66. The Hall–Kier alpha value is -1.82. The van der Waals surface area contributed by atoms with Crippen LogP contribution in [0.15, 0.2) is 60.7 Å². The molecule has 0 unspecified atom stereocenters. The number of unbranched alkanes of at least 4 members (excludes halogenated alkanes) is 9. The minimum atomic E-state index is -2.54. The third-order valence-corrected chi connectivity index (χ3v) is 15.4. The van der Waals surface area contributed by atoms with Crippen molar-refractivity contribution in [1.82, 2.24) is 0 Å². The molecule has 0 spiro atoms. The summed E-state index contributed by atoms with van der Waals surface area (Å²) in [7, 11) is -2.54. The molecule has 0 saturated heterocycles. The highest BCUT2D eigenvalue weighted by molar-refractivity contribution is 6.99. The minimum Gasteiger partial charge on any atom is -0.405 e. The van der Waals surface area contributed by atoms with Crippen LogP contribution in [0.5, 0.6) is 0 Å². The van der Waals surface area contributed by atoms with Gasteiger partial charge in [0, 0.05) is 6.61 Å². The van der Waals surface area contributed by atoms with E-state index in [1.54, 1.807) is 0 Å². The van der Waals surface area contributed by atoms with Crippen LogP contribution in [0, 0.1) is 0 Å². The summed E-state index contributed by atoms with van der Waals surface area (Å²) in [5.41, 5.74) is 0. The van der Waals surface area contributed by atoms with Crippen LogP contribution < -0.4 is 10.4 Å². The van der Waals surface area contributed by atoms with E-state index in [4.69, 9.17) is 56.5 Å². The average Bonchev–Trinajstić information content (AvgIpc) is 3.29. The summed E-state index contributed by atoms with van der Waals surface area (Å²) >= 11 is 0. The maximum atomic E-state index is 6.86. The predicted molar refractivity (Wildman–Crippen MR) is 254 cm³/mol. The normalized spacial score (nSPS) is 12.1. The second-order valence-electron chi connectivity index (χ2n) is 16.4. The Bertz CT molecular complexity index is 1180. The number of benzene rings is 2. The minimum absolute atomic E-state index is 0.0569. The fourth-order valence-electron chi connectivity index (χ4n) is 7.01. The lowest BCUT2D eigenvalue weighted by Gasteiger charge is -2.43. The van der Waals surface area contributed by atoms with Crippen molar-refractivity contribution < 1.29 is 56.5 Å². The van der Waals surface area contributed by atoms with Crippen LogP contribution in [0.1, 0.15) is 91.9 Å². The van der Waals surface area contributed by atoms with Crippen LogP contribution in [0.2, 0.25) is 5.04 Å². The molecule has 364 valence electrons. The summed E-state index contributed by atoms with van der Waals surface area (Å²) < 4.78 is 68.5. The zero-order chi connectivity index (χ0) is 45.0. The van der Waals surface area contributed by atoms with Gasteiger partial charge in [-0.3, -0.25) is 0 Å². The van der Waals surface area contributed by atoms with Gasteiger partial charge in [-0.15, -0.1) is 0 Å². The molecule has 2 aromatic rings. The topological polar surface area (TPSA) is 111 Å². The van der Waals surface area contributed by atoms with E-state index in [0.717, 1.165) is 13.0 Å². The van der Waals surface area contributed by atoms with Crippen LogP contribution in [-0.4, -0.2) is 160 Å². The van der Waals surface area contributed by atoms with Gasteiger partial charge in [0.25, 0.3) is 8.32 Å². The maximum absolute atomic E-state index is 6.86. The highest BCUT2D eigenvalue weighted by Gasteiger charge is 2.50. The Labute approximate surface area is 383 Å². The molecule has 0 heterocycles. The molecule has 12 nitrogen and oxygen atoms in total. The van der Waals surface area contributed by atoms with Crippen molar-refractivity contribution in [1.29, 1.82) is 0 Å². The van der Waals surface area contributed by atoms with E-state index in [9.17, 15) is 0 Å². The first-order valence-corrected chi connectivity index (χ1v) is 26.0. The van der Waals surface area contributed by atoms with Crippen LogP contribution in [0.3, 0.4) is 0 Å². The molecule has 2 aromatic carbocycles. The van der Waals surface area contributed by atoms with Crippen LogP contribution in [0.4, 0.5) is 0 Å². The fraction of sp³-hybridized carbons (Fsp3) is 0.760. The third-order valence-electron chi connectivity index (χ3n) is 10.3. The summed E-state index contributed by atoms with van der Waals surface area (Å²) in [5, 5.41) is 2.48. The average molecular weight is 909 g/mol. The van der Waals surface area contributed by atoms with Gasteiger partial charge in [0.15, 0.2) is 0 Å². The van der Waals surface area contributed by atoms with Gasteiger partial charge in [0.1, 0.15) is 0 Å². The molecule has 0 aliphatic rings. The van der Waals surface area contributed by atoms with Crippen molar-refractivity contribution in [3.05, 3.63) is 60.7 Å². The second-order valence-corrected chi connectivity index (χ2v) is 20.7. The zero-order valence-corrected chi connectivity index (χ0v) is 41.0. The Morgan fingerprint density at radius 3 is 0.810 bits per heavy atom. The van der Waals surface area contributed by atoms with Gasteiger partial charge in [-0.05, 0) is 21.8 Å². The predicted octanol–water partition coefficient (Wildman–Crippen LogP) is 7.67. The molecule has 0 atom stereocenters. The number of ether oxygens (including phenoxy) is 11. The van der Waals surface area contributed by atoms with E-state index in [0.29, 0.717) is 145 Å². The first-order chi connectivity index (χ1) is 31.0. The number of hydrogen-bond donors (Lipinski definition) is 0. The van der Waals surface area contributed by atoms with Crippen molar-refractivity contribution in [2.75, 3.05) is 152 Å². The molecule has 0 fully saturated rings. The standard InChI is InChI=1S/C50H88O12Si/c1-5-6-7-8-9-10-11-12-13-20-25-51-26-27-52-28-29-53-30-31-54-32-33-55-34-35-56-36-37-57-38-39-58-40-41-59-42-43-60-44-45-61-46-47-62-63(50(2,3)4,48-21-16-14-17-22-48)49-23-18-15-19-24-49/h14-19,21-24H,5-13,20,25-47H2,1-4H3. The van der Waals surface area contributed by atoms with Crippen LogP contribution >= 0.6 is 0 Å². The molecule has 2 rings (SSSR count). The van der Waals surface area contributed by atoms with Gasteiger partial charge in [-0.25, -0.2) is 0 Å². The quantitative estimate of drug-likeness (QED) is 0.0481. The smallest absolute Gasteiger partial charge is 0.261 e. The van der Waals surface area contributed by atoms with E-state index in [2.05, 4.69) is 88.4 Å². The van der Waals surface area contributed by atoms with E-state index in [1.165, 1.54) is 68.2 Å². The Morgan fingerprint density at radius 1 is 0.302 bits per heavy atom. The Kier molecular flexibility index (Phi) is 37.8. The number of rotatable bonds is 47. The SMILES string of the molecule is CCCCCCCCCCCCOCCOCCOCCOCCOCCOCCOCCOCCOCCOCCOCCO[Si](c1ccccc1)(c1ccccc1)C(C)(C)C. The molecule has 13 heteroatoms. The molecule has 0 aliphatic carbocycles. The Balaban J connectivity index is 1.23. The monoisotopic (exact) mass is 909 g/mol. The molecule has 0 bridgehead atoms. The molecule has 0 radical (unpaired) electrons. The third kappa shape index (κ3) is 30.2. The Morgan fingerprint density at radius 2 is 0.540 bits per heavy atom. The zero-order valence-electron chi connectivity index (χ0n) is 40.0. The summed E-state index contributed by atoms with van der Waals surface area (Å²) in [4.78, 5) is 0. The molecule has 0 amide bonds. The first kappa shape index (κ1) is 57.3. The van der Waals surface area contributed by atoms with E-state index in [-0.39, 0.29) is 5.04 Å². The van der Waals surface area contributed by atoms with Crippen LogP contribution in [0.25, 0.3) is 0 Å². The molecule has 0 aliphatic heterocycles. The fourth-order valence-corrected chi connectivity index (χ4v) is 11.6. The maximum Gasteiger partial charge on any atom is 0.261 e. The first-order valence-electron chi connectivity index (χ1n) is 24.1. The van der Waals surface area contributed by atoms with E-state index in [1.807, 2.05) is 0 Å². The summed E-state index contributed by atoms with van der Waals surface area (Å²) in [6, 6.07) is 21.3. The summed E-state index contributed by atoms with van der Waals surface area (Å²) in [6.45, 7) is 21.6. The van der Waals surface area contributed by atoms with Gasteiger partial charge in [0.05, 0.1) is 145 Å². The van der Waals surface area contributed by atoms with Crippen molar-refractivity contribution >= 4 is 18.7 Å². The molecule has 63 heavy (non-hydrogen) atoms. The lowest BCUT2D eigenvalue weighted by molar-refractivity contribution is -0.0277. The van der Waals surface area contributed by atoms with Gasteiger partial charge in [-0.1, -0.05) is 146 Å². The largest absolute Gasteiger partial charge is 0.405 e. The molecule has 0 N–H and O–H groups in total. The van der Waals surface area contributed by atoms with Crippen molar-refractivity contribution in [2.45, 2.75) is 96.9 Å². The van der Waals surface area contributed by atoms with Gasteiger partial charge >= 0.3 is 0 Å². The summed E-state index contributed by atoms with van der Waals surface area (Å²) in [6.07, 6.45) is 13.4. The molecular formula is C50H88O12Si. The second kappa shape index (κ2) is 41.6. The highest BCUT2D eigenvalue weighted by Crippen LogP contribution is 2.36.